The summed E-state index contributed by atoms with van der Waals surface area (Å²) < 4.78 is 1.21. The number of rotatable bonds is 4. The van der Waals surface area contributed by atoms with Crippen molar-refractivity contribution in [3.8, 4) is 0 Å². The van der Waals surface area contributed by atoms with Gasteiger partial charge in [0.15, 0.2) is 0 Å². The predicted octanol–water partition coefficient (Wildman–Crippen LogP) is 4.36. The van der Waals surface area contributed by atoms with E-state index in [4.69, 9.17) is 0 Å². The predicted molar refractivity (Wildman–Crippen MR) is 91.5 cm³/mol. The Bertz CT molecular complexity index is 447. The van der Waals surface area contributed by atoms with Crippen LogP contribution in [0, 0.1) is 12.8 Å². The molecule has 0 amide bonds. The molecule has 2 rings (SSSR count). The second-order valence-electron chi connectivity index (χ2n) is 6.08. The second kappa shape index (κ2) is 6.95. The highest BCUT2D eigenvalue weighted by molar-refractivity contribution is 9.10. The van der Waals surface area contributed by atoms with Gasteiger partial charge >= 0.3 is 0 Å². The lowest BCUT2D eigenvalue weighted by atomic mass is 9.86. The Labute approximate surface area is 132 Å². The van der Waals surface area contributed by atoms with Crippen molar-refractivity contribution >= 4 is 21.6 Å². The molecule has 2 nitrogen and oxygen atoms in total. The van der Waals surface area contributed by atoms with Gasteiger partial charge in [-0.25, -0.2) is 0 Å². The second-order valence-corrected chi connectivity index (χ2v) is 6.93. The van der Waals surface area contributed by atoms with Gasteiger partial charge in [0.05, 0.1) is 0 Å². The number of nitrogens with zero attached hydrogens (tertiary/aromatic N) is 1. The lowest BCUT2D eigenvalue weighted by Gasteiger charge is -2.44. The molecule has 0 aromatic heterocycles. The molecule has 0 spiro atoms. The Kier molecular flexibility index (Phi) is 5.50. The van der Waals surface area contributed by atoms with Crippen LogP contribution in [0.1, 0.15) is 39.2 Å². The van der Waals surface area contributed by atoms with E-state index in [2.05, 4.69) is 72.0 Å². The third-order valence-electron chi connectivity index (χ3n) is 4.71. The number of nitrogens with one attached hydrogen (secondary N) is 1. The zero-order valence-electron chi connectivity index (χ0n) is 13.1. The van der Waals surface area contributed by atoms with E-state index in [-0.39, 0.29) is 0 Å². The number of halogens is 1. The fourth-order valence-electron chi connectivity index (χ4n) is 3.11. The maximum absolute atomic E-state index is 3.71. The summed E-state index contributed by atoms with van der Waals surface area (Å²) in [5.74, 6) is 0.676. The molecule has 1 aromatic rings. The van der Waals surface area contributed by atoms with E-state index in [0.717, 1.165) is 13.1 Å². The van der Waals surface area contributed by atoms with Crippen LogP contribution in [0.25, 0.3) is 0 Å². The molecule has 0 bridgehead atoms. The van der Waals surface area contributed by atoms with Crippen LogP contribution in [-0.4, -0.2) is 25.2 Å². The zero-order valence-corrected chi connectivity index (χ0v) is 14.7. The van der Waals surface area contributed by atoms with E-state index in [0.29, 0.717) is 18.0 Å². The minimum Gasteiger partial charge on any atom is -0.368 e. The molecule has 3 unspecified atom stereocenters. The van der Waals surface area contributed by atoms with Crippen LogP contribution in [0.5, 0.6) is 0 Å². The Hall–Kier alpha value is -0.540. The van der Waals surface area contributed by atoms with Crippen LogP contribution in [-0.2, 0) is 0 Å². The van der Waals surface area contributed by atoms with Crippen LogP contribution >= 0.6 is 15.9 Å². The van der Waals surface area contributed by atoms with Crippen LogP contribution in [0.15, 0.2) is 22.7 Å². The van der Waals surface area contributed by atoms with E-state index >= 15 is 0 Å². The van der Waals surface area contributed by atoms with Gasteiger partial charge in [-0.1, -0.05) is 35.8 Å². The van der Waals surface area contributed by atoms with Crippen molar-refractivity contribution < 1.29 is 0 Å². The largest absolute Gasteiger partial charge is 0.368 e. The molecular weight excluding hydrogens is 312 g/mol. The van der Waals surface area contributed by atoms with Gasteiger partial charge in [0, 0.05) is 28.8 Å². The molecule has 1 aliphatic heterocycles. The summed E-state index contributed by atoms with van der Waals surface area (Å²) in [5, 5.41) is 3.71. The van der Waals surface area contributed by atoms with Gasteiger partial charge in [0.2, 0.25) is 0 Å². The zero-order chi connectivity index (χ0) is 14.7. The average molecular weight is 339 g/mol. The molecule has 1 N–H and O–H groups in total. The van der Waals surface area contributed by atoms with Crippen molar-refractivity contribution in [2.45, 2.75) is 52.6 Å². The highest BCUT2D eigenvalue weighted by Crippen LogP contribution is 2.31. The molecule has 1 aromatic carbocycles. The van der Waals surface area contributed by atoms with Gasteiger partial charge in [0.1, 0.15) is 0 Å². The molecule has 112 valence electrons. The first-order valence-electron chi connectivity index (χ1n) is 7.80. The molecule has 1 aliphatic rings. The van der Waals surface area contributed by atoms with Crippen LogP contribution in [0.2, 0.25) is 0 Å². The maximum atomic E-state index is 3.71. The summed E-state index contributed by atoms with van der Waals surface area (Å²) in [6.45, 7) is 11.4. The lowest BCUT2D eigenvalue weighted by Crippen LogP contribution is -2.53. The fraction of sp³-hybridized carbons (Fsp3) is 0.647. The number of hydrogen-bond acceptors (Lipinski definition) is 2. The van der Waals surface area contributed by atoms with E-state index in [1.165, 1.54) is 28.6 Å². The SMILES string of the molecule is CCCNC1CCN(c2ccc(C)c(Br)c2)C(C)C1C. The monoisotopic (exact) mass is 338 g/mol. The van der Waals surface area contributed by atoms with Gasteiger partial charge in [-0.3, -0.25) is 0 Å². The highest BCUT2D eigenvalue weighted by Gasteiger charge is 2.32. The number of anilines is 1. The van der Waals surface area contributed by atoms with Crippen molar-refractivity contribution in [2.75, 3.05) is 18.0 Å². The number of hydrogen-bond donors (Lipinski definition) is 1. The molecule has 20 heavy (non-hydrogen) atoms. The van der Waals surface area contributed by atoms with E-state index in [9.17, 15) is 0 Å². The minimum absolute atomic E-state index is 0.577. The Morgan fingerprint density at radius 2 is 2.10 bits per heavy atom. The average Bonchev–Trinajstić information content (AvgIpc) is 2.44. The summed E-state index contributed by atoms with van der Waals surface area (Å²) in [6.07, 6.45) is 2.45. The van der Waals surface area contributed by atoms with E-state index < -0.39 is 0 Å². The van der Waals surface area contributed by atoms with Crippen molar-refractivity contribution in [2.24, 2.45) is 5.92 Å². The van der Waals surface area contributed by atoms with E-state index in [1.54, 1.807) is 0 Å². The van der Waals surface area contributed by atoms with Gasteiger partial charge in [-0.2, -0.15) is 0 Å². The van der Waals surface area contributed by atoms with Crippen molar-refractivity contribution in [1.82, 2.24) is 5.32 Å². The first kappa shape index (κ1) is 15.8. The van der Waals surface area contributed by atoms with Crippen LogP contribution in [0.3, 0.4) is 0 Å². The third kappa shape index (κ3) is 3.37. The molecule has 0 radical (unpaired) electrons. The Morgan fingerprint density at radius 3 is 2.75 bits per heavy atom. The summed E-state index contributed by atoms with van der Waals surface area (Å²) in [5.41, 5.74) is 2.64. The molecule has 0 aliphatic carbocycles. The quantitative estimate of drug-likeness (QED) is 0.877. The third-order valence-corrected chi connectivity index (χ3v) is 5.57. The fourth-order valence-corrected chi connectivity index (χ4v) is 3.47. The van der Waals surface area contributed by atoms with Gasteiger partial charge in [-0.15, -0.1) is 0 Å². The summed E-state index contributed by atoms with van der Waals surface area (Å²) >= 11 is 3.65. The molecule has 1 heterocycles. The minimum atomic E-state index is 0.577. The van der Waals surface area contributed by atoms with Crippen LogP contribution < -0.4 is 10.2 Å². The van der Waals surface area contributed by atoms with Gasteiger partial charge in [0.25, 0.3) is 0 Å². The number of aryl methyl sites for hydroxylation is 1. The molecule has 0 saturated carbocycles. The molecular formula is C17H27BrN2. The van der Waals surface area contributed by atoms with Crippen molar-refractivity contribution in [3.63, 3.8) is 0 Å². The lowest BCUT2D eigenvalue weighted by molar-refractivity contribution is 0.271. The first-order chi connectivity index (χ1) is 9.54. The number of piperidine rings is 1. The van der Waals surface area contributed by atoms with Gasteiger partial charge in [-0.05, 0) is 56.8 Å². The van der Waals surface area contributed by atoms with Crippen LogP contribution in [0.4, 0.5) is 5.69 Å². The molecule has 3 heteroatoms. The smallest absolute Gasteiger partial charge is 0.0380 e. The molecule has 3 atom stereocenters. The summed E-state index contributed by atoms with van der Waals surface area (Å²) in [6, 6.07) is 7.96. The standard InChI is InChI=1S/C17H27BrN2/c1-5-9-19-17-8-10-20(14(4)13(17)3)15-7-6-12(2)16(18)11-15/h6-7,11,13-14,17,19H,5,8-10H2,1-4H3. The maximum Gasteiger partial charge on any atom is 0.0380 e. The molecule has 1 fully saturated rings. The van der Waals surface area contributed by atoms with Crippen molar-refractivity contribution in [3.05, 3.63) is 28.2 Å². The molecule has 1 saturated heterocycles. The summed E-state index contributed by atoms with van der Waals surface area (Å²) in [7, 11) is 0. The topological polar surface area (TPSA) is 15.3 Å². The normalized spacial score (nSPS) is 26.9. The van der Waals surface area contributed by atoms with Crippen molar-refractivity contribution in [1.29, 1.82) is 0 Å². The number of benzene rings is 1. The van der Waals surface area contributed by atoms with E-state index in [1.807, 2.05) is 0 Å². The Morgan fingerprint density at radius 1 is 1.35 bits per heavy atom. The van der Waals surface area contributed by atoms with Gasteiger partial charge < -0.3 is 10.2 Å². The highest BCUT2D eigenvalue weighted by atomic mass is 79.9. The first-order valence-corrected chi connectivity index (χ1v) is 8.60. The Balaban J connectivity index is 2.09. The summed E-state index contributed by atoms with van der Waals surface area (Å²) in [4.78, 5) is 2.55.